The van der Waals surface area contributed by atoms with E-state index < -0.39 is 11.0 Å². The molecule has 1 unspecified atom stereocenters. The minimum absolute atomic E-state index is 0.627. The normalized spacial score (nSPS) is 20.9. The van der Waals surface area contributed by atoms with Crippen molar-refractivity contribution in [1.29, 1.82) is 0 Å². The van der Waals surface area contributed by atoms with Crippen molar-refractivity contribution in [3.63, 3.8) is 0 Å². The maximum atomic E-state index is 11.7. The summed E-state index contributed by atoms with van der Waals surface area (Å²) in [6.45, 7) is 1.50. The molecule has 1 saturated heterocycles. The second kappa shape index (κ2) is 5.95. The van der Waals surface area contributed by atoms with Gasteiger partial charge in [0.05, 0.1) is 11.0 Å². The minimum Gasteiger partial charge on any atom is -0.398 e. The molecular formula is C12H16BrN3OS. The zero-order chi connectivity index (χ0) is 13.1. The van der Waals surface area contributed by atoms with Crippen LogP contribution < -0.4 is 5.73 Å². The maximum absolute atomic E-state index is 11.7. The van der Waals surface area contributed by atoms with E-state index in [1.807, 2.05) is 16.4 Å². The van der Waals surface area contributed by atoms with Crippen molar-refractivity contribution < 1.29 is 4.21 Å². The average Bonchev–Trinajstić information content (AvgIpc) is 2.71. The van der Waals surface area contributed by atoms with Crippen LogP contribution in [0.4, 0.5) is 5.69 Å². The van der Waals surface area contributed by atoms with E-state index in [-0.39, 0.29) is 0 Å². The molecule has 1 aromatic rings. The molecule has 2 rings (SSSR count). The number of anilines is 1. The molecule has 2 N–H and O–H groups in total. The lowest BCUT2D eigenvalue weighted by molar-refractivity contribution is 0.471. The molecule has 0 aromatic heterocycles. The third kappa shape index (κ3) is 2.99. The second-order valence-corrected chi connectivity index (χ2v) is 6.68. The number of aliphatic imine (C=N–C) groups is 1. The largest absolute Gasteiger partial charge is 0.398 e. The monoisotopic (exact) mass is 329 g/mol. The molecule has 1 heterocycles. The number of nitrogens with two attached hydrogens (primary N) is 1. The topological polar surface area (TPSA) is 58.7 Å². The van der Waals surface area contributed by atoms with Gasteiger partial charge in [-0.2, -0.15) is 0 Å². The van der Waals surface area contributed by atoms with Crippen molar-refractivity contribution >= 4 is 38.8 Å². The first-order chi connectivity index (χ1) is 8.61. The van der Waals surface area contributed by atoms with Crippen molar-refractivity contribution in [2.75, 3.05) is 25.1 Å². The van der Waals surface area contributed by atoms with Gasteiger partial charge >= 0.3 is 0 Å². The molecule has 1 fully saturated rings. The van der Waals surface area contributed by atoms with Crippen LogP contribution >= 0.6 is 15.9 Å². The number of nitrogen functional groups attached to an aromatic ring is 1. The predicted octanol–water partition coefficient (Wildman–Crippen LogP) is 1.95. The Bertz CT molecular complexity index is 504. The first-order valence-electron chi connectivity index (χ1n) is 5.75. The van der Waals surface area contributed by atoms with Crippen LogP contribution in [0.5, 0.6) is 0 Å². The SMILES string of the molecule is CN=Cc1cc(Br)cc(CN2CCCS2=O)c1N. The van der Waals surface area contributed by atoms with E-state index in [4.69, 9.17) is 5.73 Å². The molecule has 0 bridgehead atoms. The summed E-state index contributed by atoms with van der Waals surface area (Å²) in [6, 6.07) is 3.92. The highest BCUT2D eigenvalue weighted by Crippen LogP contribution is 2.25. The molecular weight excluding hydrogens is 314 g/mol. The van der Waals surface area contributed by atoms with Gasteiger partial charge in [-0.05, 0) is 24.1 Å². The maximum Gasteiger partial charge on any atom is 0.0946 e. The molecule has 1 aliphatic heterocycles. The molecule has 0 spiro atoms. The Hall–Kier alpha value is -0.720. The smallest absolute Gasteiger partial charge is 0.0946 e. The molecule has 1 aromatic carbocycles. The molecule has 98 valence electrons. The van der Waals surface area contributed by atoms with Crippen LogP contribution in [0.15, 0.2) is 21.6 Å². The highest BCUT2D eigenvalue weighted by atomic mass is 79.9. The van der Waals surface area contributed by atoms with Crippen LogP contribution in [0, 0.1) is 0 Å². The molecule has 0 saturated carbocycles. The summed E-state index contributed by atoms with van der Waals surface area (Å²) in [7, 11) is 0.860. The highest BCUT2D eigenvalue weighted by molar-refractivity contribution is 9.10. The van der Waals surface area contributed by atoms with Gasteiger partial charge in [0.25, 0.3) is 0 Å². The van der Waals surface area contributed by atoms with E-state index in [2.05, 4.69) is 20.9 Å². The fourth-order valence-corrected chi connectivity index (χ4v) is 3.78. The highest BCUT2D eigenvalue weighted by Gasteiger charge is 2.21. The first kappa shape index (κ1) is 13.7. The summed E-state index contributed by atoms with van der Waals surface area (Å²) >= 11 is 3.47. The number of rotatable bonds is 3. The van der Waals surface area contributed by atoms with Gasteiger partial charge in [-0.15, -0.1) is 0 Å². The molecule has 0 radical (unpaired) electrons. The van der Waals surface area contributed by atoms with E-state index in [0.717, 1.165) is 34.3 Å². The van der Waals surface area contributed by atoms with Crippen LogP contribution in [0.2, 0.25) is 0 Å². The Morgan fingerprint density at radius 3 is 3.00 bits per heavy atom. The van der Waals surface area contributed by atoms with E-state index >= 15 is 0 Å². The Balaban J connectivity index is 2.29. The van der Waals surface area contributed by atoms with Crippen molar-refractivity contribution in [1.82, 2.24) is 4.31 Å². The van der Waals surface area contributed by atoms with E-state index in [9.17, 15) is 4.21 Å². The summed E-state index contributed by atoms with van der Waals surface area (Å²) in [6.07, 6.45) is 2.73. The Morgan fingerprint density at radius 1 is 1.61 bits per heavy atom. The van der Waals surface area contributed by atoms with E-state index in [0.29, 0.717) is 12.2 Å². The number of hydrogen-bond acceptors (Lipinski definition) is 3. The molecule has 18 heavy (non-hydrogen) atoms. The molecule has 0 amide bonds. The van der Waals surface area contributed by atoms with E-state index in [1.54, 1.807) is 13.3 Å². The third-order valence-corrected chi connectivity index (χ3v) is 4.88. The zero-order valence-electron chi connectivity index (χ0n) is 10.2. The number of hydrogen-bond donors (Lipinski definition) is 1. The van der Waals surface area contributed by atoms with Gasteiger partial charge in [0.2, 0.25) is 0 Å². The molecule has 1 atom stereocenters. The Kier molecular flexibility index (Phi) is 4.53. The van der Waals surface area contributed by atoms with Crippen molar-refractivity contribution in [2.45, 2.75) is 13.0 Å². The summed E-state index contributed by atoms with van der Waals surface area (Å²) < 4.78 is 14.7. The summed E-state index contributed by atoms with van der Waals surface area (Å²) in [4.78, 5) is 4.00. The van der Waals surface area contributed by atoms with Gasteiger partial charge < -0.3 is 5.73 Å². The fourth-order valence-electron chi connectivity index (χ4n) is 2.01. The quantitative estimate of drug-likeness (QED) is 0.680. The van der Waals surface area contributed by atoms with Crippen LogP contribution in [0.25, 0.3) is 0 Å². The Labute approximate surface area is 118 Å². The number of benzene rings is 1. The van der Waals surface area contributed by atoms with Gasteiger partial charge in [-0.25, -0.2) is 8.51 Å². The fraction of sp³-hybridized carbons (Fsp3) is 0.417. The van der Waals surface area contributed by atoms with Gasteiger partial charge in [0, 0.05) is 47.8 Å². The molecule has 6 heteroatoms. The van der Waals surface area contributed by atoms with Crippen molar-refractivity contribution in [3.05, 3.63) is 27.7 Å². The van der Waals surface area contributed by atoms with Gasteiger partial charge in [0.15, 0.2) is 0 Å². The Morgan fingerprint density at radius 2 is 2.39 bits per heavy atom. The zero-order valence-corrected chi connectivity index (χ0v) is 12.6. The summed E-state index contributed by atoms with van der Waals surface area (Å²) in [5.74, 6) is 0.761. The van der Waals surface area contributed by atoms with Crippen LogP contribution in [-0.4, -0.2) is 34.1 Å². The average molecular weight is 330 g/mol. The van der Waals surface area contributed by atoms with Crippen LogP contribution in [0.1, 0.15) is 17.5 Å². The lowest BCUT2D eigenvalue weighted by Crippen LogP contribution is -2.21. The van der Waals surface area contributed by atoms with Crippen molar-refractivity contribution in [3.8, 4) is 0 Å². The van der Waals surface area contributed by atoms with Gasteiger partial charge in [-0.1, -0.05) is 15.9 Å². The van der Waals surface area contributed by atoms with Gasteiger partial charge in [0.1, 0.15) is 0 Å². The molecule has 0 aliphatic carbocycles. The summed E-state index contributed by atoms with van der Waals surface area (Å²) in [5.41, 5.74) is 8.73. The minimum atomic E-state index is -0.858. The number of halogens is 1. The van der Waals surface area contributed by atoms with Gasteiger partial charge in [-0.3, -0.25) is 4.99 Å². The predicted molar refractivity (Wildman–Crippen MR) is 80.1 cm³/mol. The summed E-state index contributed by atoms with van der Waals surface area (Å²) in [5, 5.41) is 0. The second-order valence-electron chi connectivity index (χ2n) is 4.20. The van der Waals surface area contributed by atoms with Crippen LogP contribution in [0.3, 0.4) is 0 Å². The van der Waals surface area contributed by atoms with Crippen molar-refractivity contribution in [2.24, 2.45) is 4.99 Å². The van der Waals surface area contributed by atoms with Crippen LogP contribution in [-0.2, 0) is 17.5 Å². The molecule has 1 aliphatic rings. The molecule has 4 nitrogen and oxygen atoms in total. The first-order valence-corrected chi connectivity index (χ1v) is 7.82. The van der Waals surface area contributed by atoms with E-state index in [1.165, 1.54) is 0 Å². The lowest BCUT2D eigenvalue weighted by Gasteiger charge is -2.16. The number of nitrogens with zero attached hydrogens (tertiary/aromatic N) is 2. The lowest BCUT2D eigenvalue weighted by atomic mass is 10.1. The standard InChI is InChI=1S/C12H16BrN3OS/c1-15-7-9-5-11(13)6-10(12(9)14)8-16-3-2-4-18(16)17/h5-7H,2-4,8,14H2,1H3. The third-order valence-electron chi connectivity index (χ3n) is 2.89.